The highest BCUT2D eigenvalue weighted by Gasteiger charge is 2.22. The molecule has 1 heterocycles. The Morgan fingerprint density at radius 1 is 1.71 bits per heavy atom. The van der Waals surface area contributed by atoms with Crippen LogP contribution >= 0.6 is 0 Å². The second-order valence-electron chi connectivity index (χ2n) is 3.65. The topological polar surface area (TPSA) is 56.5 Å². The van der Waals surface area contributed by atoms with Crippen molar-refractivity contribution in [3.63, 3.8) is 0 Å². The zero-order valence-corrected chi connectivity index (χ0v) is 8.65. The molecule has 4 heteroatoms. The van der Waals surface area contributed by atoms with Crippen LogP contribution in [0.3, 0.4) is 0 Å². The van der Waals surface area contributed by atoms with Crippen molar-refractivity contribution in [2.75, 3.05) is 26.3 Å². The Balaban J connectivity index is 2.50. The minimum absolute atomic E-state index is 0.261. The van der Waals surface area contributed by atoms with Gasteiger partial charge in [-0.25, -0.2) is 0 Å². The molecule has 0 aliphatic carbocycles. The third-order valence-electron chi connectivity index (χ3n) is 2.59. The predicted octanol–water partition coefficient (Wildman–Crippen LogP) is 0.372. The highest BCUT2D eigenvalue weighted by molar-refractivity contribution is 4.83. The number of aliphatic hydroxyl groups excluding tert-OH is 1. The summed E-state index contributed by atoms with van der Waals surface area (Å²) in [6.45, 7) is 4.58. The number of nitrogens with zero attached hydrogens (tertiary/aromatic N) is 2. The van der Waals surface area contributed by atoms with E-state index in [9.17, 15) is 5.11 Å². The lowest BCUT2D eigenvalue weighted by Gasteiger charge is -2.28. The molecular weight excluding hydrogens is 180 g/mol. The zero-order valence-electron chi connectivity index (χ0n) is 8.65. The first kappa shape index (κ1) is 11.4. The van der Waals surface area contributed by atoms with Crippen LogP contribution in [0.4, 0.5) is 0 Å². The molecule has 1 saturated heterocycles. The summed E-state index contributed by atoms with van der Waals surface area (Å²) in [5, 5.41) is 18.2. The monoisotopic (exact) mass is 198 g/mol. The zero-order chi connectivity index (χ0) is 10.4. The summed E-state index contributed by atoms with van der Waals surface area (Å²) in [5.74, 6) is 0. The molecule has 0 amide bonds. The fourth-order valence-corrected chi connectivity index (χ4v) is 1.78. The first-order valence-electron chi connectivity index (χ1n) is 5.14. The van der Waals surface area contributed by atoms with Crippen LogP contribution in [-0.2, 0) is 4.74 Å². The van der Waals surface area contributed by atoms with Crippen LogP contribution in [0, 0.1) is 11.3 Å². The number of nitriles is 1. The van der Waals surface area contributed by atoms with Crippen LogP contribution in [0.1, 0.15) is 19.8 Å². The minimum Gasteiger partial charge on any atom is -0.389 e. The fourth-order valence-electron chi connectivity index (χ4n) is 1.78. The van der Waals surface area contributed by atoms with Gasteiger partial charge >= 0.3 is 0 Å². The van der Waals surface area contributed by atoms with Crippen molar-refractivity contribution in [3.05, 3.63) is 0 Å². The van der Waals surface area contributed by atoms with Gasteiger partial charge in [-0.15, -0.1) is 0 Å². The third-order valence-corrected chi connectivity index (χ3v) is 2.59. The first-order chi connectivity index (χ1) is 6.77. The van der Waals surface area contributed by atoms with Gasteiger partial charge in [0.15, 0.2) is 0 Å². The number of hydrogen-bond acceptors (Lipinski definition) is 4. The van der Waals surface area contributed by atoms with Gasteiger partial charge in [0.2, 0.25) is 0 Å². The smallest absolute Gasteiger partial charge is 0.0900 e. The molecule has 2 unspecified atom stereocenters. The lowest BCUT2D eigenvalue weighted by Crippen LogP contribution is -2.40. The molecule has 1 fully saturated rings. The number of rotatable bonds is 3. The molecule has 1 N–H and O–H groups in total. The van der Waals surface area contributed by atoms with E-state index in [4.69, 9.17) is 10.00 Å². The summed E-state index contributed by atoms with van der Waals surface area (Å²) >= 11 is 0. The van der Waals surface area contributed by atoms with Gasteiger partial charge in [-0.2, -0.15) is 5.26 Å². The summed E-state index contributed by atoms with van der Waals surface area (Å²) < 4.78 is 5.24. The summed E-state index contributed by atoms with van der Waals surface area (Å²) in [6.07, 6.45) is 1.06. The Bertz CT molecular complexity index is 203. The van der Waals surface area contributed by atoms with Gasteiger partial charge in [0.1, 0.15) is 0 Å². The molecule has 0 aromatic rings. The van der Waals surface area contributed by atoms with Crippen molar-refractivity contribution in [1.82, 2.24) is 4.90 Å². The lowest BCUT2D eigenvalue weighted by molar-refractivity contribution is 0.0543. The molecule has 80 valence electrons. The average molecular weight is 198 g/mol. The number of aliphatic hydroxyl groups is 1. The fraction of sp³-hybridized carbons (Fsp3) is 0.900. The molecule has 0 spiro atoms. The van der Waals surface area contributed by atoms with E-state index in [1.807, 2.05) is 0 Å². The Morgan fingerprint density at radius 2 is 2.50 bits per heavy atom. The molecule has 14 heavy (non-hydrogen) atoms. The maximum absolute atomic E-state index is 9.52. The van der Waals surface area contributed by atoms with E-state index in [-0.39, 0.29) is 6.04 Å². The normalized spacial score (nSPS) is 26.5. The minimum atomic E-state index is -0.412. The molecule has 1 aliphatic rings. The van der Waals surface area contributed by atoms with Crippen molar-refractivity contribution in [3.8, 4) is 6.07 Å². The Kier molecular flexibility index (Phi) is 4.88. The van der Waals surface area contributed by atoms with Gasteiger partial charge in [0.05, 0.1) is 31.8 Å². The molecule has 0 aromatic carbocycles. The number of hydrogen-bond donors (Lipinski definition) is 1. The summed E-state index contributed by atoms with van der Waals surface area (Å²) in [6, 6.07) is 2.45. The van der Waals surface area contributed by atoms with E-state index in [1.54, 1.807) is 0 Å². The number of ether oxygens (including phenoxy) is 1. The summed E-state index contributed by atoms with van der Waals surface area (Å²) in [5.41, 5.74) is 0. The molecule has 0 bridgehead atoms. The van der Waals surface area contributed by atoms with Gasteiger partial charge in [-0.3, -0.25) is 4.90 Å². The van der Waals surface area contributed by atoms with Gasteiger partial charge in [-0.1, -0.05) is 6.92 Å². The maximum atomic E-state index is 9.52. The van der Waals surface area contributed by atoms with Crippen molar-refractivity contribution < 1.29 is 9.84 Å². The van der Waals surface area contributed by atoms with Crippen LogP contribution in [0.5, 0.6) is 0 Å². The second-order valence-corrected chi connectivity index (χ2v) is 3.65. The molecule has 4 nitrogen and oxygen atoms in total. The highest BCUT2D eigenvalue weighted by Crippen LogP contribution is 2.11. The molecule has 1 rings (SSSR count). The first-order valence-corrected chi connectivity index (χ1v) is 5.14. The standard InChI is InChI=1S/C10H18N2O2/c1-2-9(3-4-11)12-5-6-14-8-10(13)7-12/h9-10,13H,2-3,5-8H2,1H3. The van der Waals surface area contributed by atoms with Gasteiger partial charge in [0.25, 0.3) is 0 Å². The van der Waals surface area contributed by atoms with Crippen molar-refractivity contribution >= 4 is 0 Å². The summed E-state index contributed by atoms with van der Waals surface area (Å²) in [4.78, 5) is 2.15. The van der Waals surface area contributed by atoms with Crippen LogP contribution in [0.25, 0.3) is 0 Å². The quantitative estimate of drug-likeness (QED) is 0.712. The molecular formula is C10H18N2O2. The van der Waals surface area contributed by atoms with Crippen molar-refractivity contribution in [2.24, 2.45) is 0 Å². The average Bonchev–Trinajstić information content (AvgIpc) is 2.39. The van der Waals surface area contributed by atoms with E-state index in [0.29, 0.717) is 26.2 Å². The van der Waals surface area contributed by atoms with E-state index in [1.165, 1.54) is 0 Å². The van der Waals surface area contributed by atoms with E-state index >= 15 is 0 Å². The second kappa shape index (κ2) is 5.97. The Morgan fingerprint density at radius 3 is 3.14 bits per heavy atom. The Hall–Kier alpha value is -0.630. The molecule has 2 atom stereocenters. The van der Waals surface area contributed by atoms with Gasteiger partial charge < -0.3 is 9.84 Å². The van der Waals surface area contributed by atoms with Gasteiger partial charge in [0, 0.05) is 19.1 Å². The number of β-amino-alcohol motifs (C(OH)–C–C–N with tert-alkyl or cyclic N) is 1. The molecule has 1 aliphatic heterocycles. The predicted molar refractivity (Wildman–Crippen MR) is 52.7 cm³/mol. The lowest BCUT2D eigenvalue weighted by atomic mass is 10.1. The van der Waals surface area contributed by atoms with Crippen LogP contribution in [0.2, 0.25) is 0 Å². The van der Waals surface area contributed by atoms with E-state index < -0.39 is 6.10 Å². The van der Waals surface area contributed by atoms with E-state index in [0.717, 1.165) is 13.0 Å². The summed E-state index contributed by atoms with van der Waals surface area (Å²) in [7, 11) is 0. The van der Waals surface area contributed by atoms with E-state index in [2.05, 4.69) is 17.9 Å². The maximum Gasteiger partial charge on any atom is 0.0900 e. The SMILES string of the molecule is CCC(CC#N)N1CCOCC(O)C1. The Labute approximate surface area is 85.1 Å². The molecule has 0 saturated carbocycles. The highest BCUT2D eigenvalue weighted by atomic mass is 16.5. The molecule has 0 aromatic heterocycles. The largest absolute Gasteiger partial charge is 0.389 e. The van der Waals surface area contributed by atoms with Gasteiger partial charge in [-0.05, 0) is 6.42 Å². The van der Waals surface area contributed by atoms with Crippen molar-refractivity contribution in [2.45, 2.75) is 31.9 Å². The molecule has 0 radical (unpaired) electrons. The third kappa shape index (κ3) is 3.26. The van der Waals surface area contributed by atoms with Crippen LogP contribution in [-0.4, -0.2) is 48.5 Å². The van der Waals surface area contributed by atoms with Crippen LogP contribution in [0.15, 0.2) is 0 Å². The van der Waals surface area contributed by atoms with Crippen LogP contribution < -0.4 is 0 Å². The van der Waals surface area contributed by atoms with Crippen molar-refractivity contribution in [1.29, 1.82) is 5.26 Å².